The van der Waals surface area contributed by atoms with E-state index in [1.165, 1.54) is 0 Å². The molecule has 0 aliphatic rings. The molecule has 2 aromatic heterocycles. The van der Waals surface area contributed by atoms with Crippen LogP contribution in [-0.2, 0) is 6.42 Å². The summed E-state index contributed by atoms with van der Waals surface area (Å²) in [6, 6.07) is 4.29. The summed E-state index contributed by atoms with van der Waals surface area (Å²) in [5, 5.41) is 6.21. The second kappa shape index (κ2) is 4.80. The highest BCUT2D eigenvalue weighted by molar-refractivity contribution is 7.13. The monoisotopic (exact) mass is 236 g/mol. The Labute approximate surface area is 99.5 Å². The van der Waals surface area contributed by atoms with Gasteiger partial charge < -0.3 is 9.73 Å². The van der Waals surface area contributed by atoms with Crippen molar-refractivity contribution >= 4 is 11.3 Å². The number of nitrogens with one attached hydrogen (secondary N) is 1. The summed E-state index contributed by atoms with van der Waals surface area (Å²) in [5.41, 5.74) is 1.07. The van der Waals surface area contributed by atoms with Crippen molar-refractivity contribution in [2.24, 2.45) is 0 Å². The third kappa shape index (κ3) is 2.18. The zero-order valence-electron chi connectivity index (χ0n) is 9.78. The van der Waals surface area contributed by atoms with E-state index in [9.17, 15) is 0 Å². The minimum Gasteiger partial charge on any atom is -0.459 e. The number of nitrogens with zero attached hydrogens (tertiary/aromatic N) is 1. The van der Waals surface area contributed by atoms with Crippen LogP contribution in [0.4, 0.5) is 0 Å². The Morgan fingerprint density at radius 1 is 1.50 bits per heavy atom. The van der Waals surface area contributed by atoms with Crippen LogP contribution in [0, 0.1) is 0 Å². The third-order valence-corrected chi connectivity index (χ3v) is 3.49. The average molecular weight is 236 g/mol. The molecule has 0 aliphatic heterocycles. The smallest absolute Gasteiger partial charge is 0.162 e. The highest BCUT2D eigenvalue weighted by Gasteiger charge is 2.11. The molecule has 16 heavy (non-hydrogen) atoms. The number of furan rings is 1. The predicted octanol–water partition coefficient (Wildman–Crippen LogP) is 3.25. The molecule has 2 rings (SSSR count). The van der Waals surface area contributed by atoms with Crippen LogP contribution in [0.2, 0.25) is 0 Å². The van der Waals surface area contributed by atoms with Crippen molar-refractivity contribution in [2.75, 3.05) is 7.05 Å². The molecule has 3 nitrogen and oxygen atoms in total. The normalized spacial score (nSPS) is 12.9. The van der Waals surface area contributed by atoms with Gasteiger partial charge in [-0.1, -0.05) is 6.92 Å². The highest BCUT2D eigenvalue weighted by Crippen LogP contribution is 2.27. The fourth-order valence-corrected chi connectivity index (χ4v) is 2.30. The van der Waals surface area contributed by atoms with Gasteiger partial charge in [-0.2, -0.15) is 0 Å². The quantitative estimate of drug-likeness (QED) is 0.885. The summed E-state index contributed by atoms with van der Waals surface area (Å²) in [6.45, 7) is 4.18. The molecule has 0 radical (unpaired) electrons. The van der Waals surface area contributed by atoms with Crippen molar-refractivity contribution in [2.45, 2.75) is 26.3 Å². The maximum absolute atomic E-state index is 5.67. The van der Waals surface area contributed by atoms with Gasteiger partial charge in [0.15, 0.2) is 10.8 Å². The van der Waals surface area contributed by atoms with Crippen molar-refractivity contribution in [1.82, 2.24) is 10.3 Å². The summed E-state index contributed by atoms with van der Waals surface area (Å²) in [6.07, 6.45) is 0.922. The lowest BCUT2D eigenvalue weighted by Crippen LogP contribution is -2.12. The van der Waals surface area contributed by atoms with Gasteiger partial charge in [-0.3, -0.25) is 0 Å². The van der Waals surface area contributed by atoms with Gasteiger partial charge in [-0.25, -0.2) is 4.98 Å². The van der Waals surface area contributed by atoms with Crippen LogP contribution in [-0.4, -0.2) is 12.0 Å². The summed E-state index contributed by atoms with van der Waals surface area (Å²) in [5.74, 6) is 1.88. The average Bonchev–Trinajstić information content (AvgIpc) is 2.95. The molecule has 0 aliphatic carbocycles. The largest absolute Gasteiger partial charge is 0.459 e. The third-order valence-electron chi connectivity index (χ3n) is 2.62. The second-order valence-electron chi connectivity index (χ2n) is 3.71. The molecule has 1 unspecified atom stereocenters. The summed E-state index contributed by atoms with van der Waals surface area (Å²) in [4.78, 5) is 4.56. The van der Waals surface area contributed by atoms with Gasteiger partial charge in [0.05, 0.1) is 5.69 Å². The molecule has 1 N–H and O–H groups in total. The van der Waals surface area contributed by atoms with E-state index in [0.29, 0.717) is 0 Å². The first-order valence-electron chi connectivity index (χ1n) is 5.46. The fraction of sp³-hybridized carbons (Fsp3) is 0.417. The number of hydrogen-bond acceptors (Lipinski definition) is 4. The lowest BCUT2D eigenvalue weighted by atomic mass is 10.3. The van der Waals surface area contributed by atoms with Crippen molar-refractivity contribution in [3.05, 3.63) is 29.0 Å². The zero-order chi connectivity index (χ0) is 11.5. The molecule has 0 saturated carbocycles. The molecule has 2 aromatic rings. The van der Waals surface area contributed by atoms with Gasteiger partial charge in [-0.05, 0) is 26.1 Å². The Bertz CT molecular complexity index is 461. The zero-order valence-corrected chi connectivity index (χ0v) is 10.6. The van der Waals surface area contributed by atoms with E-state index in [0.717, 1.165) is 28.6 Å². The molecule has 0 amide bonds. The maximum Gasteiger partial charge on any atom is 0.162 e. The molecule has 0 saturated heterocycles. The van der Waals surface area contributed by atoms with E-state index < -0.39 is 0 Å². The molecule has 2 heterocycles. The van der Waals surface area contributed by atoms with Crippen LogP contribution in [0.1, 0.15) is 31.3 Å². The summed E-state index contributed by atoms with van der Waals surface area (Å²) < 4.78 is 5.67. The number of thiazole rings is 1. The molecule has 0 fully saturated rings. The maximum atomic E-state index is 5.67. The topological polar surface area (TPSA) is 38.1 Å². The number of aryl methyl sites for hydroxylation is 1. The molecular weight excluding hydrogens is 220 g/mol. The van der Waals surface area contributed by atoms with Gasteiger partial charge in [0, 0.05) is 17.8 Å². The van der Waals surface area contributed by atoms with Crippen LogP contribution >= 0.6 is 11.3 Å². The van der Waals surface area contributed by atoms with E-state index in [-0.39, 0.29) is 6.04 Å². The predicted molar refractivity (Wildman–Crippen MR) is 66.7 cm³/mol. The Kier molecular flexibility index (Phi) is 3.41. The first kappa shape index (κ1) is 11.4. The molecule has 0 bridgehead atoms. The van der Waals surface area contributed by atoms with Gasteiger partial charge in [-0.15, -0.1) is 11.3 Å². The van der Waals surface area contributed by atoms with Crippen LogP contribution in [0.5, 0.6) is 0 Å². The molecule has 0 spiro atoms. The fourth-order valence-electron chi connectivity index (χ4n) is 1.43. The van der Waals surface area contributed by atoms with E-state index in [4.69, 9.17) is 4.42 Å². The molecule has 86 valence electrons. The molecular formula is C12H16N2OS. The lowest BCUT2D eigenvalue weighted by molar-refractivity contribution is 0.528. The first-order chi connectivity index (χ1) is 7.74. The molecule has 1 atom stereocenters. The Morgan fingerprint density at radius 3 is 2.94 bits per heavy atom. The number of hydrogen-bond donors (Lipinski definition) is 1. The minimum atomic E-state index is 0.283. The van der Waals surface area contributed by atoms with Crippen molar-refractivity contribution in [1.29, 1.82) is 0 Å². The van der Waals surface area contributed by atoms with Crippen LogP contribution in [0.25, 0.3) is 10.8 Å². The van der Waals surface area contributed by atoms with Crippen molar-refractivity contribution in [3.8, 4) is 10.8 Å². The lowest BCUT2D eigenvalue weighted by Gasteiger charge is -2.04. The standard InChI is InChI=1S/C12H16N2OS/c1-4-9-5-6-11(15-9)12-14-10(7-16-12)8(2)13-3/h5-8,13H,4H2,1-3H3. The Morgan fingerprint density at radius 2 is 2.31 bits per heavy atom. The van der Waals surface area contributed by atoms with E-state index in [2.05, 4.69) is 29.5 Å². The van der Waals surface area contributed by atoms with E-state index >= 15 is 0 Å². The van der Waals surface area contributed by atoms with Crippen LogP contribution in [0.15, 0.2) is 21.9 Å². The SMILES string of the molecule is CCc1ccc(-c2nc(C(C)NC)cs2)o1. The van der Waals surface area contributed by atoms with E-state index in [1.807, 2.05) is 19.2 Å². The molecule has 0 aromatic carbocycles. The van der Waals surface area contributed by atoms with Gasteiger partial charge in [0.1, 0.15) is 5.76 Å². The number of aromatic nitrogens is 1. The van der Waals surface area contributed by atoms with Gasteiger partial charge in [0.25, 0.3) is 0 Å². The Balaban J connectivity index is 2.24. The van der Waals surface area contributed by atoms with Crippen molar-refractivity contribution < 1.29 is 4.42 Å². The summed E-state index contributed by atoms with van der Waals surface area (Å²) in [7, 11) is 1.94. The first-order valence-corrected chi connectivity index (χ1v) is 6.34. The Hall–Kier alpha value is -1.13. The van der Waals surface area contributed by atoms with Crippen LogP contribution in [0.3, 0.4) is 0 Å². The van der Waals surface area contributed by atoms with E-state index in [1.54, 1.807) is 11.3 Å². The van der Waals surface area contributed by atoms with Crippen molar-refractivity contribution in [3.63, 3.8) is 0 Å². The summed E-state index contributed by atoms with van der Waals surface area (Å²) >= 11 is 1.63. The van der Waals surface area contributed by atoms with Crippen LogP contribution < -0.4 is 5.32 Å². The number of rotatable bonds is 4. The minimum absolute atomic E-state index is 0.283. The highest BCUT2D eigenvalue weighted by atomic mass is 32.1. The molecule has 4 heteroatoms. The van der Waals surface area contributed by atoms with Gasteiger partial charge in [0.2, 0.25) is 0 Å². The van der Waals surface area contributed by atoms with Gasteiger partial charge >= 0.3 is 0 Å². The second-order valence-corrected chi connectivity index (χ2v) is 4.57.